The molecule has 0 aromatic heterocycles. The second-order valence-electron chi connectivity index (χ2n) is 3.81. The lowest BCUT2D eigenvalue weighted by Gasteiger charge is -2.32. The lowest BCUT2D eigenvalue weighted by molar-refractivity contribution is -0.208. The van der Waals surface area contributed by atoms with Gasteiger partial charge in [-0.15, -0.1) is 0 Å². The fraction of sp³-hybridized carbons (Fsp3) is 1.00. The van der Waals surface area contributed by atoms with Crippen molar-refractivity contribution < 1.29 is 9.47 Å². The number of ether oxygens (including phenoxy) is 2. The number of nitrogens with zero attached hydrogens (tertiary/aromatic N) is 3. The van der Waals surface area contributed by atoms with Crippen molar-refractivity contribution in [2.24, 2.45) is 5.11 Å². The Labute approximate surface area is 84.0 Å². The Bertz CT molecular complexity index is 226. The summed E-state index contributed by atoms with van der Waals surface area (Å²) in [5, 5.41) is 3.68. The van der Waals surface area contributed by atoms with Crippen LogP contribution in [-0.2, 0) is 9.47 Å². The molecule has 1 unspecified atom stereocenters. The summed E-state index contributed by atoms with van der Waals surface area (Å²) in [6, 6.07) is -0.0491. The summed E-state index contributed by atoms with van der Waals surface area (Å²) >= 11 is 0. The quantitative estimate of drug-likeness (QED) is 0.398. The first kappa shape index (κ1) is 11.3. The highest BCUT2D eigenvalue weighted by atomic mass is 16.7. The molecule has 80 valence electrons. The summed E-state index contributed by atoms with van der Waals surface area (Å²) in [5.74, 6) is 0. The third-order valence-electron chi connectivity index (χ3n) is 2.23. The van der Waals surface area contributed by atoms with Crippen molar-refractivity contribution >= 4 is 0 Å². The minimum absolute atomic E-state index is 0.0491. The van der Waals surface area contributed by atoms with E-state index >= 15 is 0 Å². The molecule has 1 saturated heterocycles. The normalized spacial score (nSPS) is 32.7. The summed E-state index contributed by atoms with van der Waals surface area (Å²) in [7, 11) is 0. The van der Waals surface area contributed by atoms with Crippen molar-refractivity contribution in [1.29, 1.82) is 0 Å². The van der Waals surface area contributed by atoms with Crippen molar-refractivity contribution in [3.8, 4) is 0 Å². The van der Waals surface area contributed by atoms with Crippen molar-refractivity contribution in [2.45, 2.75) is 58.2 Å². The molecule has 1 fully saturated rings. The van der Waals surface area contributed by atoms with Gasteiger partial charge in [-0.3, -0.25) is 0 Å². The van der Waals surface area contributed by atoms with Crippen LogP contribution in [-0.4, -0.2) is 24.5 Å². The molecule has 5 nitrogen and oxygen atoms in total. The molecule has 1 rings (SSSR count). The van der Waals surface area contributed by atoms with Gasteiger partial charge in [-0.05, 0) is 39.1 Å². The third-order valence-corrected chi connectivity index (χ3v) is 2.23. The molecule has 0 bridgehead atoms. The van der Waals surface area contributed by atoms with E-state index < -0.39 is 0 Å². The van der Waals surface area contributed by atoms with Gasteiger partial charge in [0.1, 0.15) is 0 Å². The maximum absolute atomic E-state index is 8.32. The minimum atomic E-state index is -0.143. The molecule has 0 saturated carbocycles. The van der Waals surface area contributed by atoms with Crippen LogP contribution in [0.2, 0.25) is 0 Å². The van der Waals surface area contributed by atoms with Crippen LogP contribution in [0.4, 0.5) is 0 Å². The minimum Gasteiger partial charge on any atom is -0.350 e. The van der Waals surface area contributed by atoms with Crippen molar-refractivity contribution in [2.75, 3.05) is 0 Å². The molecule has 0 radical (unpaired) electrons. The van der Waals surface area contributed by atoms with Gasteiger partial charge < -0.3 is 9.47 Å². The molecule has 3 atom stereocenters. The van der Waals surface area contributed by atoms with Gasteiger partial charge in [-0.1, -0.05) is 5.11 Å². The largest absolute Gasteiger partial charge is 0.350 e. The first-order valence-corrected chi connectivity index (χ1v) is 4.98. The Hall–Kier alpha value is -0.770. The molecule has 1 heterocycles. The Balaban J connectivity index is 2.42. The summed E-state index contributed by atoms with van der Waals surface area (Å²) in [6.45, 7) is 5.87. The van der Waals surface area contributed by atoms with E-state index in [2.05, 4.69) is 10.0 Å². The van der Waals surface area contributed by atoms with Crippen molar-refractivity contribution in [3.63, 3.8) is 0 Å². The van der Waals surface area contributed by atoms with E-state index in [1.54, 1.807) is 0 Å². The van der Waals surface area contributed by atoms with Crippen LogP contribution in [0.3, 0.4) is 0 Å². The van der Waals surface area contributed by atoms with E-state index in [1.165, 1.54) is 0 Å². The molecule has 0 amide bonds. The van der Waals surface area contributed by atoms with Gasteiger partial charge >= 0.3 is 0 Å². The SMILES string of the molecule is CC(C)OC1CC[C@@H](N=[N+]=[N-])[C@H](C)O1. The van der Waals surface area contributed by atoms with Gasteiger partial charge in [0, 0.05) is 4.91 Å². The summed E-state index contributed by atoms with van der Waals surface area (Å²) < 4.78 is 11.1. The molecule has 0 aliphatic carbocycles. The van der Waals surface area contributed by atoms with Gasteiger partial charge in [-0.25, -0.2) is 0 Å². The molecular formula is C9H17N3O2. The third kappa shape index (κ3) is 3.18. The van der Waals surface area contributed by atoms with Crippen LogP contribution in [0.25, 0.3) is 10.4 Å². The Morgan fingerprint density at radius 3 is 2.71 bits per heavy atom. The highest BCUT2D eigenvalue weighted by Crippen LogP contribution is 2.23. The van der Waals surface area contributed by atoms with Crippen LogP contribution in [0.15, 0.2) is 5.11 Å². The zero-order valence-electron chi connectivity index (χ0n) is 8.88. The highest BCUT2D eigenvalue weighted by molar-refractivity contribution is 4.79. The zero-order valence-corrected chi connectivity index (χ0v) is 8.88. The van der Waals surface area contributed by atoms with Crippen LogP contribution in [0.5, 0.6) is 0 Å². The monoisotopic (exact) mass is 199 g/mol. The molecule has 1 aliphatic rings. The first-order valence-electron chi connectivity index (χ1n) is 4.98. The first-order chi connectivity index (χ1) is 6.63. The van der Waals surface area contributed by atoms with Crippen molar-refractivity contribution in [1.82, 2.24) is 0 Å². The lowest BCUT2D eigenvalue weighted by atomic mass is 10.0. The van der Waals surface area contributed by atoms with E-state index in [0.717, 1.165) is 12.8 Å². The molecule has 0 aromatic rings. The van der Waals surface area contributed by atoms with E-state index in [9.17, 15) is 0 Å². The number of rotatable bonds is 3. The van der Waals surface area contributed by atoms with E-state index in [1.807, 2.05) is 20.8 Å². The average molecular weight is 199 g/mol. The van der Waals surface area contributed by atoms with Gasteiger partial charge in [0.15, 0.2) is 6.29 Å². The van der Waals surface area contributed by atoms with Crippen LogP contribution >= 0.6 is 0 Å². The van der Waals surface area contributed by atoms with Gasteiger partial charge in [-0.2, -0.15) is 0 Å². The maximum atomic E-state index is 8.32. The Morgan fingerprint density at radius 1 is 1.50 bits per heavy atom. The standard InChI is InChI=1S/C9H17N3O2/c1-6(2)13-9-5-4-8(11-12-10)7(3)14-9/h6-9H,4-5H2,1-3H3/t7-,8+,9?/m0/s1. The van der Waals surface area contributed by atoms with Crippen LogP contribution < -0.4 is 0 Å². The lowest BCUT2D eigenvalue weighted by Crippen LogP contribution is -2.37. The topological polar surface area (TPSA) is 67.2 Å². The zero-order chi connectivity index (χ0) is 10.6. The number of azide groups is 1. The number of hydrogen-bond acceptors (Lipinski definition) is 3. The number of hydrogen-bond donors (Lipinski definition) is 0. The van der Waals surface area contributed by atoms with Gasteiger partial charge in [0.05, 0.1) is 18.2 Å². The molecule has 0 aromatic carbocycles. The smallest absolute Gasteiger partial charge is 0.158 e. The predicted octanol–water partition coefficient (Wildman–Crippen LogP) is 2.62. The van der Waals surface area contributed by atoms with E-state index in [4.69, 9.17) is 15.0 Å². The van der Waals surface area contributed by atoms with Crippen LogP contribution in [0, 0.1) is 0 Å². The Morgan fingerprint density at radius 2 is 2.21 bits per heavy atom. The molecule has 1 aliphatic heterocycles. The average Bonchev–Trinajstić information content (AvgIpc) is 2.09. The summed E-state index contributed by atoms with van der Waals surface area (Å²) in [4.78, 5) is 2.80. The highest BCUT2D eigenvalue weighted by Gasteiger charge is 2.28. The predicted molar refractivity (Wildman–Crippen MR) is 52.7 cm³/mol. The molecule has 14 heavy (non-hydrogen) atoms. The van der Waals surface area contributed by atoms with E-state index in [-0.39, 0.29) is 24.5 Å². The second kappa shape index (κ2) is 5.20. The fourth-order valence-electron chi connectivity index (χ4n) is 1.56. The molecule has 5 heteroatoms. The molecule has 0 spiro atoms. The molecule has 0 N–H and O–H groups in total. The second-order valence-corrected chi connectivity index (χ2v) is 3.81. The van der Waals surface area contributed by atoms with Crippen LogP contribution in [0.1, 0.15) is 33.6 Å². The van der Waals surface area contributed by atoms with Crippen molar-refractivity contribution in [3.05, 3.63) is 10.4 Å². The van der Waals surface area contributed by atoms with E-state index in [0.29, 0.717) is 0 Å². The maximum Gasteiger partial charge on any atom is 0.158 e. The fourth-order valence-corrected chi connectivity index (χ4v) is 1.56. The van der Waals surface area contributed by atoms with Gasteiger partial charge in [0.2, 0.25) is 0 Å². The Kier molecular flexibility index (Phi) is 4.20. The molecular weight excluding hydrogens is 182 g/mol. The van der Waals surface area contributed by atoms with Gasteiger partial charge in [0.25, 0.3) is 0 Å². The summed E-state index contributed by atoms with van der Waals surface area (Å²) in [5.41, 5.74) is 8.32. The summed E-state index contributed by atoms with van der Waals surface area (Å²) in [6.07, 6.45) is 1.61.